The molecule has 0 aliphatic carbocycles. The van der Waals surface area contributed by atoms with Gasteiger partial charge in [0.25, 0.3) is 0 Å². The first-order valence-electron chi connectivity index (χ1n) is 14.4. The predicted molar refractivity (Wildman–Crippen MR) is 160 cm³/mol. The van der Waals surface area contributed by atoms with Gasteiger partial charge in [-0.3, -0.25) is 19.2 Å². The van der Waals surface area contributed by atoms with Crippen LogP contribution in [-0.4, -0.2) is 85.8 Å². The van der Waals surface area contributed by atoms with Gasteiger partial charge in [-0.2, -0.15) is 5.11 Å². The molecule has 2 fully saturated rings. The molecule has 2 aliphatic rings. The lowest BCUT2D eigenvalue weighted by Crippen LogP contribution is -2.52. The number of nitrogens with zero attached hydrogens (tertiary/aromatic N) is 3. The van der Waals surface area contributed by atoms with Crippen LogP contribution in [0.2, 0.25) is 0 Å². The number of rotatable bonds is 12. The van der Waals surface area contributed by atoms with E-state index in [4.69, 9.17) is 16.0 Å². The summed E-state index contributed by atoms with van der Waals surface area (Å²) < 4.78 is 5.25. The topological polar surface area (TPSA) is 182 Å². The van der Waals surface area contributed by atoms with Crippen LogP contribution >= 0.6 is 0 Å². The number of carbonyl (C=O) groups is 4. The number of hydrogen-bond donors (Lipinski definition) is 5. The molecule has 0 unspecified atom stereocenters. The highest BCUT2D eigenvalue weighted by Crippen LogP contribution is 2.29. The van der Waals surface area contributed by atoms with Crippen molar-refractivity contribution in [2.24, 2.45) is 16.8 Å². The van der Waals surface area contributed by atoms with Crippen LogP contribution < -0.4 is 26.4 Å². The van der Waals surface area contributed by atoms with Crippen molar-refractivity contribution in [2.45, 2.75) is 44.3 Å². The molecule has 13 nitrogen and oxygen atoms in total. The minimum atomic E-state index is -0.965. The molecule has 0 radical (unpaired) electrons. The summed E-state index contributed by atoms with van der Waals surface area (Å²) in [5.74, 6) is -0.340. The van der Waals surface area contributed by atoms with Gasteiger partial charge >= 0.3 is 0 Å². The van der Waals surface area contributed by atoms with E-state index < -0.39 is 12.1 Å². The van der Waals surface area contributed by atoms with Crippen LogP contribution in [-0.2, 0) is 32.1 Å². The third kappa shape index (κ3) is 8.07. The Kier molecular flexibility index (Phi) is 10.7. The fourth-order valence-corrected chi connectivity index (χ4v) is 5.58. The zero-order chi connectivity index (χ0) is 30.9. The van der Waals surface area contributed by atoms with Gasteiger partial charge in [0.15, 0.2) is 0 Å². The maximum Gasteiger partial charge on any atom is 0.243 e. The normalized spacial score (nSPS) is 18.9. The molecular formula is C30H40N8O5. The fourth-order valence-electron chi connectivity index (χ4n) is 5.58. The molecule has 230 valence electrons. The van der Waals surface area contributed by atoms with E-state index in [1.807, 2.05) is 30.3 Å². The van der Waals surface area contributed by atoms with Crippen molar-refractivity contribution in [3.8, 4) is 5.75 Å². The summed E-state index contributed by atoms with van der Waals surface area (Å²) in [4.78, 5) is 54.4. The number of nitrogens with two attached hydrogens (primary N) is 1. The number of anilines is 1. The van der Waals surface area contributed by atoms with E-state index >= 15 is 0 Å². The fraction of sp³-hybridized carbons (Fsp3) is 0.467. The minimum Gasteiger partial charge on any atom is -0.497 e. The molecule has 4 rings (SSSR count). The van der Waals surface area contributed by atoms with Crippen LogP contribution in [0.3, 0.4) is 0 Å². The molecule has 3 atom stereocenters. The van der Waals surface area contributed by atoms with Crippen molar-refractivity contribution in [3.05, 3.63) is 53.6 Å². The molecule has 0 aromatic heterocycles. The molecule has 0 saturated carbocycles. The highest BCUT2D eigenvalue weighted by Gasteiger charge is 2.41. The minimum absolute atomic E-state index is 0.00150. The molecule has 2 heterocycles. The first-order chi connectivity index (χ1) is 20.7. The molecule has 2 aliphatic heterocycles. The first kappa shape index (κ1) is 31.4. The Hall–Kier alpha value is -4.52. The Bertz CT molecular complexity index is 1330. The molecule has 2 aromatic carbocycles. The maximum absolute atomic E-state index is 13.6. The van der Waals surface area contributed by atoms with Gasteiger partial charge in [-0.05, 0) is 60.6 Å². The van der Waals surface area contributed by atoms with Gasteiger partial charge in [0.2, 0.25) is 23.6 Å². The van der Waals surface area contributed by atoms with Crippen LogP contribution in [0, 0.1) is 11.4 Å². The Morgan fingerprint density at radius 1 is 1.19 bits per heavy atom. The van der Waals surface area contributed by atoms with Crippen LogP contribution in [0.5, 0.6) is 5.75 Å². The number of methoxy groups -OCH3 is 1. The summed E-state index contributed by atoms with van der Waals surface area (Å²) in [5, 5.41) is 12.1. The first-order valence-corrected chi connectivity index (χ1v) is 14.4. The lowest BCUT2D eigenvalue weighted by atomic mass is 9.96. The number of ether oxygens (including phenoxy) is 1. The smallest absolute Gasteiger partial charge is 0.243 e. The van der Waals surface area contributed by atoms with E-state index in [2.05, 4.69) is 21.1 Å². The summed E-state index contributed by atoms with van der Waals surface area (Å²) in [6.45, 7) is 1.38. The van der Waals surface area contributed by atoms with Gasteiger partial charge in [-0.15, -0.1) is 0 Å². The van der Waals surface area contributed by atoms with Gasteiger partial charge in [0.05, 0.1) is 25.4 Å². The summed E-state index contributed by atoms with van der Waals surface area (Å²) >= 11 is 0. The molecule has 2 aromatic rings. The second kappa shape index (κ2) is 14.6. The van der Waals surface area contributed by atoms with E-state index in [-0.39, 0.29) is 55.5 Å². The van der Waals surface area contributed by atoms with Gasteiger partial charge < -0.3 is 36.2 Å². The van der Waals surface area contributed by atoms with E-state index in [9.17, 15) is 19.2 Å². The second-order valence-corrected chi connectivity index (χ2v) is 10.9. The van der Waals surface area contributed by atoms with E-state index in [1.54, 1.807) is 31.2 Å². The monoisotopic (exact) mass is 592 g/mol. The van der Waals surface area contributed by atoms with Crippen LogP contribution in [0.1, 0.15) is 30.4 Å². The number of likely N-dealkylation sites (tertiary alicyclic amines) is 1. The molecule has 0 bridgehead atoms. The lowest BCUT2D eigenvalue weighted by molar-refractivity contribution is -0.140. The van der Waals surface area contributed by atoms with Crippen molar-refractivity contribution >= 4 is 35.0 Å². The molecule has 43 heavy (non-hydrogen) atoms. The van der Waals surface area contributed by atoms with Gasteiger partial charge in [-0.1, -0.05) is 18.2 Å². The standard InChI is InChI=1S/C30H40N8O5/c1-33-24-9-5-20(14-25(24)36-32)16-35-29(41)26-15-21(13-19-3-6-22(43-2)7-4-19)17-38(26)30(42)23(31)8-10-28(40)37-12-11-34-27(39)18-37/h3-7,9,14,21,23,26,32-33H,8,10-13,15-18,31H2,1-2H3,(H,34,39)(H,35,41)/t21-,23-,26+/m1/s1. The third-order valence-corrected chi connectivity index (χ3v) is 7.95. The summed E-state index contributed by atoms with van der Waals surface area (Å²) in [6, 6.07) is 11.4. The largest absolute Gasteiger partial charge is 0.497 e. The van der Waals surface area contributed by atoms with Crippen molar-refractivity contribution in [2.75, 3.05) is 45.7 Å². The Morgan fingerprint density at radius 2 is 1.93 bits per heavy atom. The van der Waals surface area contributed by atoms with Crippen molar-refractivity contribution in [3.63, 3.8) is 0 Å². The molecule has 6 N–H and O–H groups in total. The van der Waals surface area contributed by atoms with Crippen molar-refractivity contribution in [1.82, 2.24) is 20.4 Å². The average Bonchev–Trinajstić information content (AvgIpc) is 3.45. The summed E-state index contributed by atoms with van der Waals surface area (Å²) in [6.07, 6.45) is 1.28. The molecular weight excluding hydrogens is 552 g/mol. The number of piperazine rings is 1. The SMILES string of the molecule is CNc1ccc(CNC(=O)[C@@H]2C[C@@H](Cc3ccc(OC)cc3)CN2C(=O)[C@H](N)CCC(=O)N2CCNC(=O)C2)cc1N=N. The van der Waals surface area contributed by atoms with Gasteiger partial charge in [0, 0.05) is 39.6 Å². The van der Waals surface area contributed by atoms with Gasteiger partial charge in [0.1, 0.15) is 17.5 Å². The highest BCUT2D eigenvalue weighted by molar-refractivity contribution is 5.91. The van der Waals surface area contributed by atoms with E-state index in [0.29, 0.717) is 43.9 Å². The molecule has 4 amide bonds. The van der Waals surface area contributed by atoms with Crippen molar-refractivity contribution < 1.29 is 23.9 Å². The number of nitrogens with one attached hydrogen (secondary N) is 4. The molecule has 2 saturated heterocycles. The number of hydrogen-bond acceptors (Lipinski definition) is 9. The zero-order valence-electron chi connectivity index (χ0n) is 24.6. The Balaban J connectivity index is 1.43. The zero-order valence-corrected chi connectivity index (χ0v) is 24.6. The summed E-state index contributed by atoms with van der Waals surface area (Å²) in [7, 11) is 3.35. The molecule has 0 spiro atoms. The second-order valence-electron chi connectivity index (χ2n) is 10.9. The lowest BCUT2D eigenvalue weighted by Gasteiger charge is -2.28. The molecule has 13 heteroatoms. The predicted octanol–water partition coefficient (Wildman–Crippen LogP) is 1.54. The van der Waals surface area contributed by atoms with Crippen LogP contribution in [0.4, 0.5) is 11.4 Å². The van der Waals surface area contributed by atoms with E-state index in [1.165, 1.54) is 4.90 Å². The Labute approximate surface area is 251 Å². The quantitative estimate of drug-likeness (QED) is 0.232. The third-order valence-electron chi connectivity index (χ3n) is 7.95. The number of benzene rings is 2. The van der Waals surface area contributed by atoms with Crippen LogP contribution in [0.25, 0.3) is 0 Å². The van der Waals surface area contributed by atoms with Crippen molar-refractivity contribution in [1.29, 1.82) is 5.53 Å². The Morgan fingerprint density at radius 3 is 2.60 bits per heavy atom. The van der Waals surface area contributed by atoms with Gasteiger partial charge in [-0.25, -0.2) is 5.53 Å². The highest BCUT2D eigenvalue weighted by atomic mass is 16.5. The van der Waals surface area contributed by atoms with Crippen LogP contribution in [0.15, 0.2) is 47.6 Å². The maximum atomic E-state index is 13.6. The van der Waals surface area contributed by atoms with E-state index in [0.717, 1.165) is 16.9 Å². The summed E-state index contributed by atoms with van der Waals surface area (Å²) in [5.41, 5.74) is 16.7. The average molecular weight is 593 g/mol. The number of amides is 4. The number of carbonyl (C=O) groups excluding carboxylic acids is 4.